The Balaban J connectivity index is 1.43. The van der Waals surface area contributed by atoms with E-state index in [2.05, 4.69) is 40.7 Å². The van der Waals surface area contributed by atoms with Crippen molar-refractivity contribution in [1.82, 2.24) is 14.9 Å². The standard InChI is InChI=1S/C28H33F3N4O3/c1-17-12-20(15-27(2,3)14-17)35-24-11-10-22(37-16-25(36)32-18-4-5-18)13-23(24)34-26(35)33-19-6-8-21(9-7-19)38-28(29,30)31/h6-11,13,17-18,20H,4-5,12,14-16H2,1-3H3,(H,32,36)(H,33,34)/t17-,20+/m1/s1. The molecule has 0 unspecified atom stereocenters. The zero-order valence-corrected chi connectivity index (χ0v) is 21.8. The fourth-order valence-electron chi connectivity index (χ4n) is 5.63. The molecule has 38 heavy (non-hydrogen) atoms. The molecule has 3 aromatic rings. The third-order valence-electron chi connectivity index (χ3n) is 7.05. The molecule has 0 spiro atoms. The van der Waals surface area contributed by atoms with Crippen LogP contribution < -0.4 is 20.1 Å². The molecule has 1 amide bonds. The number of halogens is 3. The van der Waals surface area contributed by atoms with E-state index in [-0.39, 0.29) is 35.8 Å². The van der Waals surface area contributed by atoms with Crippen LogP contribution in [0.2, 0.25) is 0 Å². The van der Waals surface area contributed by atoms with Gasteiger partial charge in [0.05, 0.1) is 11.0 Å². The summed E-state index contributed by atoms with van der Waals surface area (Å²) >= 11 is 0. The van der Waals surface area contributed by atoms with Gasteiger partial charge in [0.1, 0.15) is 11.5 Å². The molecule has 2 atom stereocenters. The van der Waals surface area contributed by atoms with Crippen LogP contribution in [-0.4, -0.2) is 34.5 Å². The van der Waals surface area contributed by atoms with Gasteiger partial charge in [0, 0.05) is 23.8 Å². The first-order chi connectivity index (χ1) is 17.9. The second-order valence-corrected chi connectivity index (χ2v) is 11.4. The lowest BCUT2D eigenvalue weighted by molar-refractivity contribution is -0.274. The van der Waals surface area contributed by atoms with Gasteiger partial charge in [-0.3, -0.25) is 4.79 Å². The number of carbonyl (C=O) groups is 1. The molecule has 0 saturated heterocycles. The van der Waals surface area contributed by atoms with Crippen molar-refractivity contribution in [3.63, 3.8) is 0 Å². The lowest BCUT2D eigenvalue weighted by Gasteiger charge is -2.40. The predicted octanol–water partition coefficient (Wildman–Crippen LogP) is 6.72. The van der Waals surface area contributed by atoms with Crippen molar-refractivity contribution >= 4 is 28.6 Å². The Morgan fingerprint density at radius 1 is 1.11 bits per heavy atom. The minimum absolute atomic E-state index is 0.0610. The van der Waals surface area contributed by atoms with Gasteiger partial charge in [-0.1, -0.05) is 20.8 Å². The lowest BCUT2D eigenvalue weighted by Crippen LogP contribution is -2.30. The molecule has 2 saturated carbocycles. The monoisotopic (exact) mass is 530 g/mol. The number of aromatic nitrogens is 2. The zero-order valence-electron chi connectivity index (χ0n) is 21.8. The summed E-state index contributed by atoms with van der Waals surface area (Å²) in [6, 6.07) is 11.7. The van der Waals surface area contributed by atoms with Crippen LogP contribution in [-0.2, 0) is 4.79 Å². The fraction of sp³-hybridized carbons (Fsp3) is 0.500. The summed E-state index contributed by atoms with van der Waals surface area (Å²) in [5.41, 5.74) is 2.38. The number of benzene rings is 2. The summed E-state index contributed by atoms with van der Waals surface area (Å²) in [4.78, 5) is 16.9. The van der Waals surface area contributed by atoms with Crippen molar-refractivity contribution in [2.45, 2.75) is 71.3 Å². The van der Waals surface area contributed by atoms with Crippen LogP contribution in [0.5, 0.6) is 11.5 Å². The van der Waals surface area contributed by atoms with E-state index in [1.807, 2.05) is 18.2 Å². The summed E-state index contributed by atoms with van der Waals surface area (Å²) in [6.07, 6.45) is 0.377. The number of hydrogen-bond acceptors (Lipinski definition) is 5. The summed E-state index contributed by atoms with van der Waals surface area (Å²) in [5.74, 6) is 1.25. The van der Waals surface area contributed by atoms with Crippen LogP contribution in [0.15, 0.2) is 42.5 Å². The third kappa shape index (κ3) is 6.52. The molecule has 204 valence electrons. The van der Waals surface area contributed by atoms with Crippen molar-refractivity contribution in [2.75, 3.05) is 11.9 Å². The van der Waals surface area contributed by atoms with E-state index in [0.717, 1.165) is 37.6 Å². The Hall–Kier alpha value is -3.43. The van der Waals surface area contributed by atoms with Crippen LogP contribution in [0, 0.1) is 11.3 Å². The van der Waals surface area contributed by atoms with Crippen molar-refractivity contribution in [3.8, 4) is 11.5 Å². The highest BCUT2D eigenvalue weighted by molar-refractivity contribution is 5.82. The minimum Gasteiger partial charge on any atom is -0.484 e. The van der Waals surface area contributed by atoms with E-state index in [1.165, 1.54) is 24.3 Å². The van der Waals surface area contributed by atoms with E-state index >= 15 is 0 Å². The Bertz CT molecular complexity index is 1300. The molecule has 2 aliphatic carbocycles. The van der Waals surface area contributed by atoms with Gasteiger partial charge in [-0.2, -0.15) is 0 Å². The lowest BCUT2D eigenvalue weighted by atomic mass is 9.70. The summed E-state index contributed by atoms with van der Waals surface area (Å²) in [7, 11) is 0. The van der Waals surface area contributed by atoms with Gasteiger partial charge in [-0.25, -0.2) is 4.98 Å². The van der Waals surface area contributed by atoms with Crippen LogP contribution in [0.3, 0.4) is 0 Å². The Labute approximate surface area is 219 Å². The maximum absolute atomic E-state index is 12.6. The molecular formula is C28H33F3N4O3. The van der Waals surface area contributed by atoms with E-state index in [9.17, 15) is 18.0 Å². The van der Waals surface area contributed by atoms with Crippen LogP contribution in [0.25, 0.3) is 11.0 Å². The van der Waals surface area contributed by atoms with Gasteiger partial charge in [-0.15, -0.1) is 13.2 Å². The smallest absolute Gasteiger partial charge is 0.484 e. The number of amides is 1. The van der Waals surface area contributed by atoms with Crippen molar-refractivity contribution in [1.29, 1.82) is 0 Å². The molecule has 0 aliphatic heterocycles. The normalized spacial score (nSPS) is 21.2. The molecule has 2 aliphatic rings. The Morgan fingerprint density at radius 3 is 2.47 bits per heavy atom. The molecule has 7 nitrogen and oxygen atoms in total. The fourth-order valence-corrected chi connectivity index (χ4v) is 5.63. The highest BCUT2D eigenvalue weighted by Gasteiger charge is 2.35. The molecule has 2 fully saturated rings. The average molecular weight is 531 g/mol. The molecule has 1 aromatic heterocycles. The highest BCUT2D eigenvalue weighted by Crippen LogP contribution is 2.46. The van der Waals surface area contributed by atoms with Gasteiger partial charge in [0.25, 0.3) is 5.91 Å². The molecule has 10 heteroatoms. The number of nitrogens with one attached hydrogen (secondary N) is 2. The first-order valence-electron chi connectivity index (χ1n) is 13.0. The zero-order chi connectivity index (χ0) is 27.1. The minimum atomic E-state index is -4.74. The third-order valence-corrected chi connectivity index (χ3v) is 7.05. The molecule has 2 aromatic carbocycles. The number of hydrogen-bond donors (Lipinski definition) is 2. The molecule has 0 bridgehead atoms. The summed E-state index contributed by atoms with van der Waals surface area (Å²) < 4.78 is 49.6. The van der Waals surface area contributed by atoms with Gasteiger partial charge < -0.3 is 24.7 Å². The number of nitrogens with zero attached hydrogens (tertiary/aromatic N) is 2. The van der Waals surface area contributed by atoms with Crippen LogP contribution in [0.4, 0.5) is 24.8 Å². The topological polar surface area (TPSA) is 77.4 Å². The molecule has 0 radical (unpaired) electrons. The van der Waals surface area contributed by atoms with E-state index in [4.69, 9.17) is 9.72 Å². The number of carbonyl (C=O) groups excluding carboxylic acids is 1. The molecular weight excluding hydrogens is 497 g/mol. The van der Waals surface area contributed by atoms with Gasteiger partial charge >= 0.3 is 6.36 Å². The van der Waals surface area contributed by atoms with Crippen molar-refractivity contribution < 1.29 is 27.4 Å². The number of alkyl halides is 3. The number of ether oxygens (including phenoxy) is 2. The largest absolute Gasteiger partial charge is 0.573 e. The first kappa shape index (κ1) is 26.2. The number of anilines is 2. The molecule has 2 N–H and O–H groups in total. The van der Waals surface area contributed by atoms with Crippen molar-refractivity contribution in [3.05, 3.63) is 42.5 Å². The molecule has 1 heterocycles. The number of fused-ring (bicyclic) bond motifs is 1. The van der Waals surface area contributed by atoms with E-state index in [1.54, 1.807) is 0 Å². The van der Waals surface area contributed by atoms with E-state index in [0.29, 0.717) is 28.8 Å². The maximum atomic E-state index is 12.6. The second-order valence-electron chi connectivity index (χ2n) is 11.4. The van der Waals surface area contributed by atoms with Gasteiger partial charge in [0.2, 0.25) is 5.95 Å². The van der Waals surface area contributed by atoms with Gasteiger partial charge in [-0.05, 0) is 79.8 Å². The number of imidazole rings is 1. The number of rotatable bonds is 8. The van der Waals surface area contributed by atoms with Crippen LogP contribution in [0.1, 0.15) is 58.9 Å². The predicted molar refractivity (Wildman–Crippen MR) is 139 cm³/mol. The van der Waals surface area contributed by atoms with Crippen molar-refractivity contribution in [2.24, 2.45) is 11.3 Å². The quantitative estimate of drug-likeness (QED) is 0.338. The first-order valence-corrected chi connectivity index (χ1v) is 13.0. The Morgan fingerprint density at radius 2 is 1.82 bits per heavy atom. The summed E-state index contributed by atoms with van der Waals surface area (Å²) in [5, 5.41) is 6.21. The van der Waals surface area contributed by atoms with E-state index < -0.39 is 6.36 Å². The second kappa shape index (κ2) is 10.0. The highest BCUT2D eigenvalue weighted by atomic mass is 19.4. The maximum Gasteiger partial charge on any atom is 0.573 e. The molecule has 5 rings (SSSR count). The Kier molecular flexibility index (Phi) is 6.92. The van der Waals surface area contributed by atoms with Crippen LogP contribution >= 0.6 is 0 Å². The van der Waals surface area contributed by atoms with Gasteiger partial charge in [0.15, 0.2) is 6.61 Å². The average Bonchev–Trinajstić information content (AvgIpc) is 3.54. The SMILES string of the molecule is C[C@@H]1C[C@H](n2c(Nc3ccc(OC(F)(F)F)cc3)nc3cc(OCC(=O)NC4CC4)ccc32)CC(C)(C)C1. The summed E-state index contributed by atoms with van der Waals surface area (Å²) in [6.45, 7) is 6.76.